The van der Waals surface area contributed by atoms with Crippen LogP contribution >= 0.6 is 0 Å². The van der Waals surface area contributed by atoms with Crippen LogP contribution in [0.15, 0.2) is 59.8 Å². The van der Waals surface area contributed by atoms with Gasteiger partial charge in [0.1, 0.15) is 18.9 Å². The van der Waals surface area contributed by atoms with E-state index in [-0.39, 0.29) is 0 Å². The van der Waals surface area contributed by atoms with E-state index in [1.165, 1.54) is 19.3 Å². The molecule has 160 valence electrons. The molecule has 1 saturated heterocycles. The fourth-order valence-electron chi connectivity index (χ4n) is 4.37. The van der Waals surface area contributed by atoms with E-state index in [1.807, 2.05) is 53.5 Å². The molecule has 3 heterocycles. The van der Waals surface area contributed by atoms with Gasteiger partial charge in [0.05, 0.1) is 11.9 Å². The summed E-state index contributed by atoms with van der Waals surface area (Å²) in [5.74, 6) is 1.54. The summed E-state index contributed by atoms with van der Waals surface area (Å²) in [6.07, 6.45) is 7.63. The molecule has 0 spiro atoms. The first kappa shape index (κ1) is 19.7. The minimum absolute atomic E-state index is 0.446. The zero-order chi connectivity index (χ0) is 21.2. The van der Waals surface area contributed by atoms with Crippen LogP contribution in [0, 0.1) is 0 Å². The van der Waals surface area contributed by atoms with Crippen molar-refractivity contribution in [2.45, 2.75) is 45.2 Å². The van der Waals surface area contributed by atoms with Crippen LogP contribution in [0.2, 0.25) is 0 Å². The Morgan fingerprint density at radius 3 is 2.48 bits per heavy atom. The third kappa shape index (κ3) is 4.02. The maximum absolute atomic E-state index is 5.80. The molecule has 0 radical (unpaired) electrons. The first-order chi connectivity index (χ1) is 15.2. The first-order valence-corrected chi connectivity index (χ1v) is 11.1. The van der Waals surface area contributed by atoms with Crippen LogP contribution in [0.5, 0.6) is 11.5 Å². The molecule has 2 unspecified atom stereocenters. The maximum atomic E-state index is 5.80. The van der Waals surface area contributed by atoms with Gasteiger partial charge < -0.3 is 9.47 Å². The van der Waals surface area contributed by atoms with Crippen molar-refractivity contribution in [2.75, 3.05) is 13.2 Å². The average Bonchev–Trinajstić information content (AvgIpc) is 3.23. The second-order valence-electron chi connectivity index (χ2n) is 8.33. The van der Waals surface area contributed by atoms with E-state index in [0.717, 1.165) is 34.0 Å². The summed E-state index contributed by atoms with van der Waals surface area (Å²) in [5, 5.41) is 12.0. The van der Waals surface area contributed by atoms with Crippen LogP contribution in [0.4, 0.5) is 0 Å². The number of aromatic nitrogens is 2. The van der Waals surface area contributed by atoms with E-state index < -0.39 is 0 Å². The highest BCUT2D eigenvalue weighted by Gasteiger charge is 2.23. The summed E-state index contributed by atoms with van der Waals surface area (Å²) >= 11 is 0. The molecule has 2 aliphatic heterocycles. The molecule has 0 saturated carbocycles. The van der Waals surface area contributed by atoms with Crippen LogP contribution in [0.3, 0.4) is 0 Å². The summed E-state index contributed by atoms with van der Waals surface area (Å²) in [5.41, 5.74) is 3.85. The SMILES string of the molecule is CC1CCCC(C)N1N=Cc1cn(-c2ccccc2)nc1-c1ccc2c(c1)OCCO2. The first-order valence-electron chi connectivity index (χ1n) is 11.1. The van der Waals surface area contributed by atoms with E-state index in [0.29, 0.717) is 25.3 Å². The van der Waals surface area contributed by atoms with Crippen molar-refractivity contribution in [3.05, 3.63) is 60.3 Å². The van der Waals surface area contributed by atoms with Gasteiger partial charge in [0.25, 0.3) is 0 Å². The molecule has 5 rings (SSSR count). The molecule has 3 aromatic rings. The minimum atomic E-state index is 0.446. The molecule has 6 nitrogen and oxygen atoms in total. The topological polar surface area (TPSA) is 51.9 Å². The maximum Gasteiger partial charge on any atom is 0.162 e. The number of hydrogen-bond acceptors (Lipinski definition) is 5. The Kier molecular flexibility index (Phi) is 5.37. The number of fused-ring (bicyclic) bond motifs is 1. The smallest absolute Gasteiger partial charge is 0.162 e. The molecule has 2 atom stereocenters. The normalized spacial score (nSPS) is 20.9. The molecular weight excluding hydrogens is 388 g/mol. The quantitative estimate of drug-likeness (QED) is 0.567. The number of ether oxygens (including phenoxy) is 2. The van der Waals surface area contributed by atoms with Crippen LogP contribution in [-0.4, -0.2) is 46.3 Å². The van der Waals surface area contributed by atoms with Crippen molar-refractivity contribution >= 4 is 6.21 Å². The molecule has 2 aromatic carbocycles. The summed E-state index contributed by atoms with van der Waals surface area (Å²) in [6, 6.07) is 17.1. The van der Waals surface area contributed by atoms with Crippen LogP contribution in [0.1, 0.15) is 38.7 Å². The third-order valence-electron chi connectivity index (χ3n) is 6.06. The van der Waals surface area contributed by atoms with Crippen molar-refractivity contribution in [1.82, 2.24) is 14.8 Å². The number of piperidine rings is 1. The number of hydrazone groups is 1. The molecular formula is C25H28N4O2. The van der Waals surface area contributed by atoms with Gasteiger partial charge in [0.2, 0.25) is 0 Å². The zero-order valence-electron chi connectivity index (χ0n) is 18.1. The van der Waals surface area contributed by atoms with Crippen molar-refractivity contribution < 1.29 is 9.47 Å². The van der Waals surface area contributed by atoms with Gasteiger partial charge in [0.15, 0.2) is 11.5 Å². The second kappa shape index (κ2) is 8.46. The summed E-state index contributed by atoms with van der Waals surface area (Å²) in [7, 11) is 0. The molecule has 0 bridgehead atoms. The van der Waals surface area contributed by atoms with E-state index >= 15 is 0 Å². The largest absolute Gasteiger partial charge is 0.486 e. The Morgan fingerprint density at radius 2 is 1.71 bits per heavy atom. The Labute approximate surface area is 183 Å². The number of para-hydroxylation sites is 1. The van der Waals surface area contributed by atoms with Gasteiger partial charge in [-0.25, -0.2) is 4.68 Å². The minimum Gasteiger partial charge on any atom is -0.486 e. The standard InChI is InChI=1S/C25H28N4O2/c1-18-7-6-8-19(2)29(18)26-16-21-17-28(22-9-4-3-5-10-22)27-25(21)20-11-12-23-24(15-20)31-14-13-30-23/h3-5,9-12,15-19H,6-8,13-14H2,1-2H3. The van der Waals surface area contributed by atoms with Crippen molar-refractivity contribution in [3.63, 3.8) is 0 Å². The number of nitrogens with zero attached hydrogens (tertiary/aromatic N) is 4. The zero-order valence-corrected chi connectivity index (χ0v) is 18.1. The monoisotopic (exact) mass is 416 g/mol. The van der Waals surface area contributed by atoms with Gasteiger partial charge in [0, 0.05) is 29.4 Å². The van der Waals surface area contributed by atoms with Crippen LogP contribution in [0.25, 0.3) is 16.9 Å². The van der Waals surface area contributed by atoms with E-state index in [2.05, 4.69) is 31.0 Å². The van der Waals surface area contributed by atoms with Gasteiger partial charge in [-0.2, -0.15) is 10.2 Å². The second-order valence-corrected chi connectivity index (χ2v) is 8.33. The highest BCUT2D eigenvalue weighted by atomic mass is 16.6. The lowest BCUT2D eigenvalue weighted by atomic mass is 10.00. The highest BCUT2D eigenvalue weighted by molar-refractivity contribution is 5.89. The molecule has 6 heteroatoms. The van der Waals surface area contributed by atoms with Crippen molar-refractivity contribution in [2.24, 2.45) is 5.10 Å². The fourth-order valence-corrected chi connectivity index (χ4v) is 4.37. The van der Waals surface area contributed by atoms with Gasteiger partial charge in [-0.3, -0.25) is 5.01 Å². The summed E-state index contributed by atoms with van der Waals surface area (Å²) in [4.78, 5) is 0. The average molecular weight is 417 g/mol. The van der Waals surface area contributed by atoms with Crippen LogP contribution in [-0.2, 0) is 0 Å². The summed E-state index contributed by atoms with van der Waals surface area (Å²) < 4.78 is 13.4. The Hall–Kier alpha value is -3.28. The Bertz CT molecular complexity index is 1070. The van der Waals surface area contributed by atoms with E-state index in [1.54, 1.807) is 0 Å². The van der Waals surface area contributed by atoms with Crippen LogP contribution < -0.4 is 9.47 Å². The van der Waals surface area contributed by atoms with Crippen molar-refractivity contribution in [1.29, 1.82) is 0 Å². The predicted molar refractivity (Wildman–Crippen MR) is 122 cm³/mol. The van der Waals surface area contributed by atoms with Crippen molar-refractivity contribution in [3.8, 4) is 28.4 Å². The molecule has 1 fully saturated rings. The highest BCUT2D eigenvalue weighted by Crippen LogP contribution is 2.35. The van der Waals surface area contributed by atoms with Gasteiger partial charge in [-0.15, -0.1) is 0 Å². The fraction of sp³-hybridized carbons (Fsp3) is 0.360. The predicted octanol–water partition coefficient (Wildman–Crippen LogP) is 4.91. The number of hydrogen-bond donors (Lipinski definition) is 0. The molecule has 0 N–H and O–H groups in total. The lowest BCUT2D eigenvalue weighted by Crippen LogP contribution is -2.39. The Balaban J connectivity index is 1.54. The summed E-state index contributed by atoms with van der Waals surface area (Å²) in [6.45, 7) is 5.65. The van der Waals surface area contributed by atoms with Gasteiger partial charge in [-0.1, -0.05) is 18.2 Å². The number of rotatable bonds is 4. The molecule has 1 aromatic heterocycles. The molecule has 0 amide bonds. The molecule has 2 aliphatic rings. The lowest BCUT2D eigenvalue weighted by Gasteiger charge is -2.36. The molecule has 0 aliphatic carbocycles. The molecule has 31 heavy (non-hydrogen) atoms. The van der Waals surface area contributed by atoms with Gasteiger partial charge in [-0.05, 0) is 63.4 Å². The third-order valence-corrected chi connectivity index (χ3v) is 6.06. The number of benzene rings is 2. The lowest BCUT2D eigenvalue weighted by molar-refractivity contribution is 0.109. The van der Waals surface area contributed by atoms with E-state index in [4.69, 9.17) is 19.7 Å². The van der Waals surface area contributed by atoms with E-state index in [9.17, 15) is 0 Å². The van der Waals surface area contributed by atoms with Gasteiger partial charge >= 0.3 is 0 Å². The Morgan fingerprint density at radius 1 is 0.968 bits per heavy atom.